The first-order valence-corrected chi connectivity index (χ1v) is 9.34. The molecule has 4 fully saturated rings. The standard InChI is InChI=1S/C19H30O4/c1-18-6-5-12-10(11(18)3-4-17(18)23)7-14(20)13-8-15(21)16(22)9-19(12,13)2/h10-13,15-17,21-23H,3-9H2,1-2H3/t10-,11-,12-,13+,15-,16+,17?,18-,19+/m0/s1. The summed E-state index contributed by atoms with van der Waals surface area (Å²) in [6.07, 6.45) is 3.84. The number of fused-ring (bicyclic) bond motifs is 5. The van der Waals surface area contributed by atoms with Crippen LogP contribution in [0.25, 0.3) is 0 Å². The normalized spacial score (nSPS) is 59.2. The molecule has 0 radical (unpaired) electrons. The van der Waals surface area contributed by atoms with Crippen molar-refractivity contribution in [3.05, 3.63) is 0 Å². The number of hydrogen-bond acceptors (Lipinski definition) is 4. The Labute approximate surface area is 138 Å². The van der Waals surface area contributed by atoms with E-state index in [1.807, 2.05) is 0 Å². The first-order valence-electron chi connectivity index (χ1n) is 9.34. The molecule has 4 aliphatic rings. The van der Waals surface area contributed by atoms with Crippen LogP contribution in [-0.4, -0.2) is 39.4 Å². The van der Waals surface area contributed by atoms with E-state index in [0.29, 0.717) is 37.0 Å². The summed E-state index contributed by atoms with van der Waals surface area (Å²) >= 11 is 0. The Morgan fingerprint density at radius 2 is 1.65 bits per heavy atom. The number of ketones is 1. The number of aliphatic hydroxyl groups is 3. The Morgan fingerprint density at radius 1 is 0.957 bits per heavy atom. The lowest BCUT2D eigenvalue weighted by Crippen LogP contribution is -2.59. The van der Waals surface area contributed by atoms with Crippen LogP contribution in [0.4, 0.5) is 0 Å². The van der Waals surface area contributed by atoms with Gasteiger partial charge in [-0.15, -0.1) is 0 Å². The third kappa shape index (κ3) is 2.04. The van der Waals surface area contributed by atoms with Gasteiger partial charge < -0.3 is 15.3 Å². The fourth-order valence-corrected chi connectivity index (χ4v) is 7.04. The molecule has 4 heteroatoms. The van der Waals surface area contributed by atoms with Crippen LogP contribution in [0.15, 0.2) is 0 Å². The summed E-state index contributed by atoms with van der Waals surface area (Å²) < 4.78 is 0. The van der Waals surface area contributed by atoms with Crippen molar-refractivity contribution in [3.8, 4) is 0 Å². The SMILES string of the molecule is C[C@]12C[C@@H](O)[C@@H](O)C[C@@H]1C(=O)C[C@@H]1[C@@H]2CC[C@]2(C)C(O)CC[C@@H]12. The number of aliphatic hydroxyl groups excluding tert-OH is 3. The minimum absolute atomic E-state index is 0.0303. The van der Waals surface area contributed by atoms with Crippen LogP contribution in [-0.2, 0) is 4.79 Å². The van der Waals surface area contributed by atoms with E-state index >= 15 is 0 Å². The van der Waals surface area contributed by atoms with Crippen LogP contribution in [0.3, 0.4) is 0 Å². The molecular weight excluding hydrogens is 292 g/mol. The van der Waals surface area contributed by atoms with Crippen molar-refractivity contribution in [1.29, 1.82) is 0 Å². The summed E-state index contributed by atoms with van der Waals surface area (Å²) in [7, 11) is 0. The van der Waals surface area contributed by atoms with Gasteiger partial charge in [0, 0.05) is 12.3 Å². The largest absolute Gasteiger partial charge is 0.393 e. The maximum absolute atomic E-state index is 12.9. The first-order chi connectivity index (χ1) is 10.8. The van der Waals surface area contributed by atoms with Crippen molar-refractivity contribution in [2.45, 2.75) is 77.1 Å². The molecule has 130 valence electrons. The summed E-state index contributed by atoms with van der Waals surface area (Å²) in [6, 6.07) is 0. The van der Waals surface area contributed by atoms with E-state index in [0.717, 1.165) is 25.7 Å². The van der Waals surface area contributed by atoms with Gasteiger partial charge in [-0.3, -0.25) is 4.79 Å². The van der Waals surface area contributed by atoms with Crippen molar-refractivity contribution in [3.63, 3.8) is 0 Å². The van der Waals surface area contributed by atoms with Crippen molar-refractivity contribution < 1.29 is 20.1 Å². The summed E-state index contributed by atoms with van der Waals surface area (Å²) in [5, 5.41) is 30.7. The third-order valence-electron chi connectivity index (χ3n) is 8.43. The quantitative estimate of drug-likeness (QED) is 0.636. The van der Waals surface area contributed by atoms with Crippen molar-refractivity contribution >= 4 is 5.78 Å². The molecule has 3 N–H and O–H groups in total. The summed E-state index contributed by atoms with van der Waals surface area (Å²) in [4.78, 5) is 12.9. The second kappa shape index (κ2) is 5.03. The van der Waals surface area contributed by atoms with Gasteiger partial charge in [-0.05, 0) is 67.1 Å². The number of hydrogen-bond donors (Lipinski definition) is 3. The average molecular weight is 322 g/mol. The second-order valence-electron chi connectivity index (χ2n) is 9.32. The highest BCUT2D eigenvalue weighted by Crippen LogP contribution is 2.65. The molecule has 0 saturated heterocycles. The second-order valence-corrected chi connectivity index (χ2v) is 9.32. The van der Waals surface area contributed by atoms with Crippen LogP contribution in [0.5, 0.6) is 0 Å². The molecule has 1 unspecified atom stereocenters. The molecule has 9 atom stereocenters. The van der Waals surface area contributed by atoms with E-state index in [1.54, 1.807) is 0 Å². The molecule has 0 heterocycles. The average Bonchev–Trinajstić information content (AvgIpc) is 2.78. The van der Waals surface area contributed by atoms with Crippen LogP contribution in [0, 0.1) is 34.5 Å². The zero-order valence-corrected chi connectivity index (χ0v) is 14.2. The highest BCUT2D eigenvalue weighted by atomic mass is 16.3. The fourth-order valence-electron chi connectivity index (χ4n) is 7.04. The Balaban J connectivity index is 1.69. The Bertz CT molecular complexity index is 519. The van der Waals surface area contributed by atoms with Gasteiger partial charge in [0.05, 0.1) is 18.3 Å². The van der Waals surface area contributed by atoms with Gasteiger partial charge >= 0.3 is 0 Å². The van der Waals surface area contributed by atoms with E-state index in [4.69, 9.17) is 0 Å². The van der Waals surface area contributed by atoms with Crippen LogP contribution < -0.4 is 0 Å². The zero-order valence-electron chi connectivity index (χ0n) is 14.2. The molecule has 4 saturated carbocycles. The molecule has 0 amide bonds. The molecule has 4 rings (SSSR count). The molecule has 23 heavy (non-hydrogen) atoms. The molecule has 4 nitrogen and oxygen atoms in total. The van der Waals surface area contributed by atoms with Gasteiger partial charge in [-0.2, -0.15) is 0 Å². The fraction of sp³-hybridized carbons (Fsp3) is 0.947. The third-order valence-corrected chi connectivity index (χ3v) is 8.43. The van der Waals surface area contributed by atoms with Crippen molar-refractivity contribution in [2.24, 2.45) is 34.5 Å². The minimum atomic E-state index is -0.754. The molecule has 0 bridgehead atoms. The zero-order chi connectivity index (χ0) is 16.6. The van der Waals surface area contributed by atoms with E-state index in [2.05, 4.69) is 13.8 Å². The first kappa shape index (κ1) is 16.0. The van der Waals surface area contributed by atoms with Crippen molar-refractivity contribution in [2.75, 3.05) is 0 Å². The molecule has 4 aliphatic carbocycles. The topological polar surface area (TPSA) is 77.8 Å². The van der Waals surface area contributed by atoms with Crippen LogP contribution in [0.1, 0.15) is 58.8 Å². The van der Waals surface area contributed by atoms with Gasteiger partial charge in [-0.25, -0.2) is 0 Å². The molecule has 0 aromatic carbocycles. The molecule has 0 aliphatic heterocycles. The predicted octanol–water partition coefficient (Wildman–Crippen LogP) is 1.90. The van der Waals surface area contributed by atoms with Gasteiger partial charge in [0.2, 0.25) is 0 Å². The Hall–Kier alpha value is -0.450. The molecular formula is C19H30O4. The summed E-state index contributed by atoms with van der Waals surface area (Å²) in [5.74, 6) is 1.41. The lowest BCUT2D eigenvalue weighted by atomic mass is 9.44. The Kier molecular flexibility index (Phi) is 3.51. The predicted molar refractivity (Wildman–Crippen MR) is 85.5 cm³/mol. The van der Waals surface area contributed by atoms with E-state index in [9.17, 15) is 20.1 Å². The lowest BCUT2D eigenvalue weighted by Gasteiger charge is -2.60. The summed E-state index contributed by atoms with van der Waals surface area (Å²) in [6.45, 7) is 4.39. The molecule has 0 aromatic heterocycles. The van der Waals surface area contributed by atoms with E-state index in [1.165, 1.54) is 0 Å². The number of Topliss-reactive ketones (excluding diaryl/α,β-unsaturated/α-hetero) is 1. The smallest absolute Gasteiger partial charge is 0.136 e. The molecule has 0 spiro atoms. The monoisotopic (exact) mass is 322 g/mol. The summed E-state index contributed by atoms with van der Waals surface area (Å²) in [5.41, 5.74) is -0.217. The van der Waals surface area contributed by atoms with E-state index in [-0.39, 0.29) is 28.6 Å². The van der Waals surface area contributed by atoms with Gasteiger partial charge in [0.15, 0.2) is 0 Å². The Morgan fingerprint density at radius 3 is 2.39 bits per heavy atom. The van der Waals surface area contributed by atoms with Crippen molar-refractivity contribution in [1.82, 2.24) is 0 Å². The van der Waals surface area contributed by atoms with Gasteiger partial charge in [0.25, 0.3) is 0 Å². The van der Waals surface area contributed by atoms with Crippen LogP contribution in [0.2, 0.25) is 0 Å². The number of carbonyl (C=O) groups excluding carboxylic acids is 1. The van der Waals surface area contributed by atoms with Gasteiger partial charge in [-0.1, -0.05) is 13.8 Å². The van der Waals surface area contributed by atoms with Gasteiger partial charge in [0.1, 0.15) is 5.78 Å². The number of rotatable bonds is 0. The maximum Gasteiger partial charge on any atom is 0.136 e. The van der Waals surface area contributed by atoms with E-state index < -0.39 is 12.2 Å². The molecule has 0 aromatic rings. The minimum Gasteiger partial charge on any atom is -0.393 e. The highest BCUT2D eigenvalue weighted by molar-refractivity contribution is 5.83. The number of carbonyl (C=O) groups is 1. The lowest BCUT2D eigenvalue weighted by molar-refractivity contribution is -0.174. The van der Waals surface area contributed by atoms with Crippen LogP contribution >= 0.6 is 0 Å². The highest BCUT2D eigenvalue weighted by Gasteiger charge is 2.62. The maximum atomic E-state index is 12.9.